The van der Waals surface area contributed by atoms with Crippen molar-refractivity contribution in [3.63, 3.8) is 0 Å². The second-order valence-electron chi connectivity index (χ2n) is 1.73. The van der Waals surface area contributed by atoms with Crippen molar-refractivity contribution < 1.29 is 0 Å². The van der Waals surface area contributed by atoms with E-state index in [-0.39, 0.29) is 0 Å². The first-order valence-corrected chi connectivity index (χ1v) is 10.3. The number of rotatable bonds is 0. The van der Waals surface area contributed by atoms with Crippen LogP contribution < -0.4 is 9.85 Å². The molecule has 2 rings (SSSR count). The second kappa shape index (κ2) is 3.47. The Hall–Kier alpha value is 1.49. The van der Waals surface area contributed by atoms with Gasteiger partial charge in [0.2, 0.25) is 0 Å². The minimum absolute atomic E-state index is 0.331. The molecular weight excluding hydrogens is 392 g/mol. The van der Waals surface area contributed by atoms with Crippen molar-refractivity contribution in [1.29, 1.82) is 0 Å². The molecule has 0 saturated heterocycles. The fourth-order valence-corrected chi connectivity index (χ4v) is 19.6. The van der Waals surface area contributed by atoms with Gasteiger partial charge in [0.05, 0.1) is 0 Å². The molecule has 54 valence electrons. The van der Waals surface area contributed by atoms with E-state index in [1.165, 1.54) is 10.6 Å². The molecule has 0 fully saturated rings. The number of hydrogen-bond acceptors (Lipinski definition) is 1. The van der Waals surface area contributed by atoms with Crippen LogP contribution in [-0.4, -0.2) is 58.9 Å². The van der Waals surface area contributed by atoms with Crippen molar-refractivity contribution in [2.75, 3.05) is 0 Å². The van der Waals surface area contributed by atoms with E-state index in [4.69, 9.17) is 0 Å². The molecule has 0 unspecified atom stereocenters. The Morgan fingerprint density at radius 2 is 1.50 bits per heavy atom. The summed E-state index contributed by atoms with van der Waals surface area (Å²) < 4.78 is 3.93. The Bertz CT molecular complexity index is 260. The predicted octanol–water partition coefficient (Wildman–Crippen LogP) is -2.33. The van der Waals surface area contributed by atoms with Crippen LogP contribution in [0.25, 0.3) is 0 Å². The van der Waals surface area contributed by atoms with Crippen LogP contribution in [-0.2, 0) is 0 Å². The SMILES string of the molecule is O=c1[se]c2c([se]1)[Se]CC[Se]2. The van der Waals surface area contributed by atoms with Crippen LogP contribution in [0.15, 0.2) is 4.79 Å². The van der Waals surface area contributed by atoms with Crippen molar-refractivity contribution in [3.8, 4) is 0 Å². The van der Waals surface area contributed by atoms with Gasteiger partial charge in [-0.15, -0.1) is 0 Å². The van der Waals surface area contributed by atoms with Gasteiger partial charge in [-0.1, -0.05) is 0 Å². The topological polar surface area (TPSA) is 17.1 Å². The van der Waals surface area contributed by atoms with E-state index >= 15 is 0 Å². The monoisotopic (exact) mass is 400 g/mol. The van der Waals surface area contributed by atoms with Gasteiger partial charge in [-0.05, 0) is 0 Å². The van der Waals surface area contributed by atoms with E-state index in [0.717, 1.165) is 29.9 Å². The third kappa shape index (κ3) is 1.63. The van der Waals surface area contributed by atoms with Crippen molar-refractivity contribution in [2.45, 2.75) is 10.6 Å². The van der Waals surface area contributed by atoms with Gasteiger partial charge in [-0.2, -0.15) is 0 Å². The minimum atomic E-state index is 0.331. The van der Waals surface area contributed by atoms with Crippen LogP contribution in [0, 0.1) is 0 Å². The zero-order valence-corrected chi connectivity index (χ0v) is 11.8. The van der Waals surface area contributed by atoms with Gasteiger partial charge >= 0.3 is 84.2 Å². The van der Waals surface area contributed by atoms with Crippen LogP contribution in [0.3, 0.4) is 0 Å². The van der Waals surface area contributed by atoms with Gasteiger partial charge in [0.1, 0.15) is 0 Å². The van der Waals surface area contributed by atoms with Gasteiger partial charge in [0.25, 0.3) is 0 Å². The summed E-state index contributed by atoms with van der Waals surface area (Å²) >= 11 is 2.17. The molecule has 2 heterocycles. The van der Waals surface area contributed by atoms with Crippen molar-refractivity contribution in [1.82, 2.24) is 0 Å². The second-order valence-corrected chi connectivity index (χ2v) is 14.4. The molecule has 0 N–H and O–H groups in total. The predicted molar refractivity (Wildman–Crippen MR) is 47.0 cm³/mol. The zero-order chi connectivity index (χ0) is 6.97. The maximum absolute atomic E-state index is 11.0. The van der Waals surface area contributed by atoms with Crippen molar-refractivity contribution in [2.24, 2.45) is 0 Å². The summed E-state index contributed by atoms with van der Waals surface area (Å²) in [5.74, 6) is 0. The van der Waals surface area contributed by atoms with Gasteiger partial charge in [-0.3, -0.25) is 0 Å². The fraction of sp³-hybridized carbons (Fsp3) is 0.400. The van der Waals surface area contributed by atoms with E-state index in [0.29, 0.717) is 32.2 Å². The molecule has 1 aromatic heterocycles. The van der Waals surface area contributed by atoms with Gasteiger partial charge in [0.15, 0.2) is 0 Å². The Balaban J connectivity index is 2.50. The van der Waals surface area contributed by atoms with Crippen LogP contribution in [0.4, 0.5) is 0 Å². The van der Waals surface area contributed by atoms with Gasteiger partial charge < -0.3 is 0 Å². The summed E-state index contributed by atoms with van der Waals surface area (Å²) in [7, 11) is 0. The van der Waals surface area contributed by atoms with Gasteiger partial charge in [0, 0.05) is 0 Å². The molecule has 5 heteroatoms. The van der Waals surface area contributed by atoms with Crippen LogP contribution in [0.2, 0.25) is 10.6 Å². The Morgan fingerprint density at radius 1 is 1.00 bits per heavy atom. The first kappa shape index (κ1) is 8.10. The van der Waals surface area contributed by atoms with Crippen molar-refractivity contribution >= 4 is 65.6 Å². The van der Waals surface area contributed by atoms with E-state index in [2.05, 4.69) is 0 Å². The molecular formula is C5H4OSe4. The Kier molecular flexibility index (Phi) is 2.81. The summed E-state index contributed by atoms with van der Waals surface area (Å²) in [6.45, 7) is 0. The first-order chi connectivity index (χ1) is 4.86. The van der Waals surface area contributed by atoms with E-state index < -0.39 is 0 Å². The first-order valence-electron chi connectivity index (χ1n) is 2.76. The molecule has 0 spiro atoms. The average molecular weight is 396 g/mol. The molecule has 0 atom stereocenters. The summed E-state index contributed by atoms with van der Waals surface area (Å²) in [5.41, 5.74) is 0. The molecule has 1 aliphatic rings. The van der Waals surface area contributed by atoms with Crippen molar-refractivity contribution in [3.05, 3.63) is 7.97 Å². The van der Waals surface area contributed by atoms with Crippen LogP contribution in [0.1, 0.15) is 0 Å². The molecule has 1 aromatic rings. The molecule has 0 saturated carbocycles. The average Bonchev–Trinajstić information content (AvgIpc) is 2.27. The van der Waals surface area contributed by atoms with E-state index in [1.54, 1.807) is 6.67 Å². The molecule has 0 bridgehead atoms. The summed E-state index contributed by atoms with van der Waals surface area (Å²) in [6, 6.07) is 0. The van der Waals surface area contributed by atoms with Crippen LogP contribution >= 0.6 is 0 Å². The van der Waals surface area contributed by atoms with Crippen LogP contribution in [0.5, 0.6) is 0 Å². The van der Waals surface area contributed by atoms with E-state index in [1.807, 2.05) is 0 Å². The molecule has 0 aliphatic carbocycles. The summed E-state index contributed by atoms with van der Waals surface area (Å²) in [5, 5.41) is 2.86. The number of fused-ring (bicyclic) bond motifs is 1. The summed E-state index contributed by atoms with van der Waals surface area (Å²) in [4.78, 5) is 11.0. The molecule has 1 aliphatic heterocycles. The quantitative estimate of drug-likeness (QED) is 0.450. The molecule has 0 amide bonds. The Morgan fingerprint density at radius 3 is 2.00 bits per heavy atom. The maximum atomic E-state index is 11.0. The third-order valence-corrected chi connectivity index (χ3v) is 17.2. The molecule has 1 nitrogen and oxygen atoms in total. The Labute approximate surface area is 83.4 Å². The standard InChI is InChI=1S/C5H4OSe4/c6-5-9-3-4(10-5)8-2-1-7-3/h1-2H2. The molecule has 0 aromatic carbocycles. The number of hydrogen-bond donors (Lipinski definition) is 0. The molecule has 0 radical (unpaired) electrons. The fourth-order valence-electron chi connectivity index (χ4n) is 0.701. The third-order valence-electron chi connectivity index (χ3n) is 1.07. The van der Waals surface area contributed by atoms with Gasteiger partial charge in [-0.25, -0.2) is 0 Å². The summed E-state index contributed by atoms with van der Waals surface area (Å²) in [6.07, 6.45) is 0. The molecule has 10 heavy (non-hydrogen) atoms. The van der Waals surface area contributed by atoms with E-state index in [9.17, 15) is 4.79 Å². The zero-order valence-electron chi connectivity index (χ0n) is 4.96. The normalized spacial score (nSPS) is 16.8.